The van der Waals surface area contributed by atoms with Crippen LogP contribution in [0.2, 0.25) is 0 Å². The number of carbonyl (C=O) groups is 1. The number of hydrogen-bond donors (Lipinski definition) is 1. The Morgan fingerprint density at radius 1 is 1.18 bits per heavy atom. The van der Waals surface area contributed by atoms with Crippen molar-refractivity contribution in [2.75, 3.05) is 41.5 Å². The zero-order valence-electron chi connectivity index (χ0n) is 18.0. The summed E-state index contributed by atoms with van der Waals surface area (Å²) in [7, 11) is -3.29. The Labute approximate surface area is 191 Å². The van der Waals surface area contributed by atoms with Gasteiger partial charge in [-0.2, -0.15) is 0 Å². The fraction of sp³-hybridized carbons (Fsp3) is 0.261. The van der Waals surface area contributed by atoms with Gasteiger partial charge in [0.25, 0.3) is 5.91 Å². The quantitative estimate of drug-likeness (QED) is 0.580. The van der Waals surface area contributed by atoms with Crippen LogP contribution in [0.5, 0.6) is 0 Å². The largest absolute Gasteiger partial charge is 0.399 e. The molecule has 2 N–H and O–H groups in total. The van der Waals surface area contributed by atoms with Crippen molar-refractivity contribution in [3.63, 3.8) is 0 Å². The van der Waals surface area contributed by atoms with Gasteiger partial charge in [-0.15, -0.1) is 0 Å². The first-order valence-corrected chi connectivity index (χ1v) is 12.4. The van der Waals surface area contributed by atoms with Crippen LogP contribution >= 0.6 is 0 Å². The normalized spacial score (nSPS) is 18.1. The van der Waals surface area contributed by atoms with Crippen LogP contribution in [0.1, 0.15) is 5.56 Å². The number of rotatable bonds is 4. The number of amides is 1. The van der Waals surface area contributed by atoms with Crippen LogP contribution in [-0.4, -0.2) is 56.3 Å². The maximum absolute atomic E-state index is 13.4. The first-order chi connectivity index (χ1) is 15.8. The van der Waals surface area contributed by atoms with Crippen molar-refractivity contribution in [3.05, 3.63) is 60.3 Å². The van der Waals surface area contributed by atoms with E-state index in [0.29, 0.717) is 36.2 Å². The van der Waals surface area contributed by atoms with Crippen LogP contribution in [0.25, 0.3) is 11.4 Å². The number of carbonyl (C=O) groups excluding carboxylic acids is 1. The lowest BCUT2D eigenvalue weighted by Crippen LogP contribution is -2.58. The van der Waals surface area contributed by atoms with E-state index in [2.05, 4.69) is 4.98 Å². The molecule has 10 heteroatoms. The minimum atomic E-state index is -3.29. The highest BCUT2D eigenvalue weighted by molar-refractivity contribution is 7.90. The lowest BCUT2D eigenvalue weighted by atomic mass is 10.1. The lowest BCUT2D eigenvalue weighted by molar-refractivity contribution is -0.122. The number of fused-ring (bicyclic) bond motifs is 3. The zero-order valence-corrected chi connectivity index (χ0v) is 18.8. The highest BCUT2D eigenvalue weighted by Gasteiger charge is 2.41. The molecule has 33 heavy (non-hydrogen) atoms. The molecule has 0 radical (unpaired) electrons. The van der Waals surface area contributed by atoms with Crippen LogP contribution in [0.3, 0.4) is 0 Å². The second-order valence-corrected chi connectivity index (χ2v) is 10.2. The number of nitrogens with two attached hydrogens (primary N) is 1. The van der Waals surface area contributed by atoms with Crippen LogP contribution in [-0.2, 0) is 25.9 Å². The zero-order chi connectivity index (χ0) is 23.2. The Morgan fingerprint density at radius 3 is 2.70 bits per heavy atom. The van der Waals surface area contributed by atoms with Gasteiger partial charge in [-0.05, 0) is 29.8 Å². The predicted molar refractivity (Wildman–Crippen MR) is 125 cm³/mol. The van der Waals surface area contributed by atoms with Gasteiger partial charge in [0.1, 0.15) is 11.7 Å². The van der Waals surface area contributed by atoms with Crippen molar-refractivity contribution < 1.29 is 17.9 Å². The summed E-state index contributed by atoms with van der Waals surface area (Å²) >= 11 is 0. The summed E-state index contributed by atoms with van der Waals surface area (Å²) in [5.74, 6) is 1.09. The Hall–Kier alpha value is -3.50. The van der Waals surface area contributed by atoms with Crippen molar-refractivity contribution in [2.45, 2.75) is 17.5 Å². The van der Waals surface area contributed by atoms with Crippen molar-refractivity contribution in [1.29, 1.82) is 0 Å². The number of nitrogens with zero attached hydrogens (tertiary/aromatic N) is 4. The standard InChI is InChI=1S/C23H23N5O4S/c1-33(30,31)18-7-5-15(6-8-18)13-28-19-12-25-21(16-3-2-4-17(24)11-16)26-22(19)27-9-10-32-14-20(27)23(28)29/h2-8,11-12,20H,9-10,13-14,24H2,1H3. The number of aromatic nitrogens is 2. The van der Waals surface area contributed by atoms with E-state index in [0.717, 1.165) is 11.1 Å². The number of nitrogen functional groups attached to an aromatic ring is 1. The maximum Gasteiger partial charge on any atom is 0.252 e. The third-order valence-electron chi connectivity index (χ3n) is 5.83. The molecule has 1 atom stereocenters. The summed E-state index contributed by atoms with van der Waals surface area (Å²) in [5.41, 5.74) is 8.75. The third kappa shape index (κ3) is 4.03. The molecule has 0 spiro atoms. The molecule has 1 aromatic heterocycles. The fourth-order valence-electron chi connectivity index (χ4n) is 4.13. The number of ether oxygens (including phenoxy) is 1. The number of anilines is 3. The monoisotopic (exact) mass is 465 g/mol. The van der Waals surface area contributed by atoms with Gasteiger partial charge in [-0.3, -0.25) is 4.79 Å². The van der Waals surface area contributed by atoms with E-state index >= 15 is 0 Å². The maximum atomic E-state index is 13.4. The summed E-state index contributed by atoms with van der Waals surface area (Å²) in [6.07, 6.45) is 2.83. The molecule has 170 valence electrons. The highest BCUT2D eigenvalue weighted by atomic mass is 32.2. The molecule has 1 unspecified atom stereocenters. The van der Waals surface area contributed by atoms with E-state index in [9.17, 15) is 13.2 Å². The lowest BCUT2D eigenvalue weighted by Gasteiger charge is -2.43. The van der Waals surface area contributed by atoms with Gasteiger partial charge in [0.15, 0.2) is 21.5 Å². The number of sulfone groups is 1. The molecule has 0 aliphatic carbocycles. The molecule has 0 saturated carbocycles. The third-order valence-corrected chi connectivity index (χ3v) is 6.96. The van der Waals surface area contributed by atoms with Gasteiger partial charge in [0.2, 0.25) is 0 Å². The summed E-state index contributed by atoms with van der Waals surface area (Å²) < 4.78 is 29.1. The summed E-state index contributed by atoms with van der Waals surface area (Å²) in [6, 6.07) is 13.4. The second-order valence-electron chi connectivity index (χ2n) is 8.15. The van der Waals surface area contributed by atoms with E-state index < -0.39 is 15.9 Å². The first kappa shape index (κ1) is 21.4. The van der Waals surface area contributed by atoms with E-state index in [1.807, 2.05) is 23.1 Å². The molecule has 1 fully saturated rings. The van der Waals surface area contributed by atoms with Gasteiger partial charge in [0, 0.05) is 24.1 Å². The van der Waals surface area contributed by atoms with Gasteiger partial charge in [-0.1, -0.05) is 24.3 Å². The van der Waals surface area contributed by atoms with Crippen LogP contribution < -0.4 is 15.5 Å². The molecular weight excluding hydrogens is 442 g/mol. The van der Waals surface area contributed by atoms with Crippen molar-refractivity contribution in [3.8, 4) is 11.4 Å². The molecular formula is C23H23N5O4S. The smallest absolute Gasteiger partial charge is 0.252 e. The number of morpholine rings is 1. The fourth-order valence-corrected chi connectivity index (χ4v) is 4.76. The van der Waals surface area contributed by atoms with Gasteiger partial charge >= 0.3 is 0 Å². The highest BCUT2D eigenvalue weighted by Crippen LogP contribution is 2.37. The van der Waals surface area contributed by atoms with E-state index in [1.165, 1.54) is 6.26 Å². The molecule has 5 rings (SSSR count). The Balaban J connectivity index is 1.55. The summed E-state index contributed by atoms with van der Waals surface area (Å²) in [6.45, 7) is 1.60. The first-order valence-electron chi connectivity index (χ1n) is 10.5. The predicted octanol–water partition coefficient (Wildman–Crippen LogP) is 1.88. The Bertz CT molecular complexity index is 1330. The van der Waals surface area contributed by atoms with E-state index in [-0.39, 0.29) is 24.0 Å². The Kier molecular flexibility index (Phi) is 5.26. The van der Waals surface area contributed by atoms with Crippen LogP contribution in [0, 0.1) is 0 Å². The van der Waals surface area contributed by atoms with Gasteiger partial charge in [0.05, 0.1) is 30.9 Å². The average molecular weight is 466 g/mol. The van der Waals surface area contributed by atoms with Gasteiger partial charge in [-0.25, -0.2) is 18.4 Å². The molecule has 3 aromatic rings. The van der Waals surface area contributed by atoms with Crippen LogP contribution in [0.4, 0.5) is 17.2 Å². The van der Waals surface area contributed by atoms with E-state index in [1.54, 1.807) is 41.4 Å². The van der Waals surface area contributed by atoms with Crippen molar-refractivity contribution in [1.82, 2.24) is 9.97 Å². The minimum Gasteiger partial charge on any atom is -0.399 e. The second kappa shape index (κ2) is 8.13. The molecule has 2 aromatic carbocycles. The molecule has 1 amide bonds. The SMILES string of the molecule is CS(=O)(=O)c1ccc(CN2C(=O)C3COCCN3c3nc(-c4cccc(N)c4)ncc32)cc1. The average Bonchev–Trinajstić information content (AvgIpc) is 2.81. The summed E-state index contributed by atoms with van der Waals surface area (Å²) in [4.78, 5) is 26.6. The number of hydrogen-bond acceptors (Lipinski definition) is 8. The topological polar surface area (TPSA) is 119 Å². The Morgan fingerprint density at radius 2 is 1.97 bits per heavy atom. The van der Waals surface area contributed by atoms with Gasteiger partial charge < -0.3 is 20.3 Å². The molecule has 2 aliphatic rings. The molecule has 1 saturated heterocycles. The number of benzene rings is 2. The molecule has 9 nitrogen and oxygen atoms in total. The van der Waals surface area contributed by atoms with E-state index in [4.69, 9.17) is 15.5 Å². The molecule has 0 bridgehead atoms. The van der Waals surface area contributed by atoms with Crippen molar-refractivity contribution in [2.24, 2.45) is 0 Å². The molecule has 3 heterocycles. The minimum absolute atomic E-state index is 0.102. The summed E-state index contributed by atoms with van der Waals surface area (Å²) in [5, 5.41) is 0. The van der Waals surface area contributed by atoms with Crippen LogP contribution in [0.15, 0.2) is 59.6 Å². The molecule has 2 aliphatic heterocycles. The van der Waals surface area contributed by atoms with Crippen molar-refractivity contribution >= 4 is 32.9 Å².